The molecule has 0 amide bonds. The molecule has 0 heterocycles. The molecule has 0 aromatic heterocycles. The quantitative estimate of drug-likeness (QED) is 0.514. The van der Waals surface area contributed by atoms with Crippen LogP contribution in [0.5, 0.6) is 0 Å². The topological polar surface area (TPSA) is 24.1 Å². The molecule has 0 aliphatic heterocycles. The van der Waals surface area contributed by atoms with Gasteiger partial charge >= 0.3 is 0 Å². The van der Waals surface area contributed by atoms with Crippen molar-refractivity contribution in [3.63, 3.8) is 0 Å². The van der Waals surface area contributed by atoms with E-state index >= 15 is 0 Å². The highest BCUT2D eigenvalue weighted by atomic mass is 14.9. The summed E-state index contributed by atoms with van der Waals surface area (Å²) in [5.41, 5.74) is 0.262. The van der Waals surface area contributed by atoms with Crippen LogP contribution in [0.25, 0.3) is 0 Å². The summed E-state index contributed by atoms with van der Waals surface area (Å²) < 4.78 is 0. The Labute approximate surface area is 115 Å². The van der Waals surface area contributed by atoms with E-state index in [2.05, 4.69) is 38.3 Å². The fraction of sp³-hybridized carbons (Fsp3) is 1.00. The van der Waals surface area contributed by atoms with E-state index in [1.807, 2.05) is 0 Å². The maximum absolute atomic E-state index is 3.53. The van der Waals surface area contributed by atoms with E-state index in [-0.39, 0.29) is 5.54 Å². The average molecular weight is 256 g/mol. The van der Waals surface area contributed by atoms with E-state index in [4.69, 9.17) is 0 Å². The van der Waals surface area contributed by atoms with Gasteiger partial charge in [-0.15, -0.1) is 0 Å². The molecular formula is C16H36N2. The lowest BCUT2D eigenvalue weighted by Gasteiger charge is -2.20. The second kappa shape index (κ2) is 12.0. The normalized spacial score (nSPS) is 12.0. The highest BCUT2D eigenvalue weighted by molar-refractivity contribution is 4.69. The van der Waals surface area contributed by atoms with E-state index in [1.54, 1.807) is 0 Å². The molecular weight excluding hydrogens is 220 g/mol. The van der Waals surface area contributed by atoms with Crippen molar-refractivity contribution in [1.29, 1.82) is 0 Å². The van der Waals surface area contributed by atoms with E-state index in [9.17, 15) is 0 Å². The van der Waals surface area contributed by atoms with Crippen LogP contribution in [-0.4, -0.2) is 25.2 Å². The summed E-state index contributed by atoms with van der Waals surface area (Å²) in [6.07, 6.45) is 11.0. The van der Waals surface area contributed by atoms with E-state index in [0.717, 1.165) is 13.1 Å². The largest absolute Gasteiger partial charge is 0.317 e. The second-order valence-electron chi connectivity index (χ2n) is 6.40. The number of hydrogen-bond acceptors (Lipinski definition) is 2. The number of rotatable bonds is 12. The zero-order valence-corrected chi connectivity index (χ0v) is 13.3. The Kier molecular flexibility index (Phi) is 11.9. The first-order valence-electron chi connectivity index (χ1n) is 8.02. The maximum Gasteiger partial charge on any atom is 0.00965 e. The molecule has 0 aliphatic carbocycles. The molecule has 0 atom stereocenters. The fourth-order valence-corrected chi connectivity index (χ4v) is 2.01. The Morgan fingerprint density at radius 2 is 1.22 bits per heavy atom. The summed E-state index contributed by atoms with van der Waals surface area (Å²) in [7, 11) is 0. The molecule has 0 bridgehead atoms. The van der Waals surface area contributed by atoms with Gasteiger partial charge < -0.3 is 10.6 Å². The zero-order valence-electron chi connectivity index (χ0n) is 13.3. The lowest BCUT2D eigenvalue weighted by molar-refractivity contribution is 0.418. The van der Waals surface area contributed by atoms with Gasteiger partial charge in [-0.05, 0) is 53.2 Å². The van der Waals surface area contributed by atoms with Gasteiger partial charge in [-0.3, -0.25) is 0 Å². The van der Waals surface area contributed by atoms with Crippen molar-refractivity contribution >= 4 is 0 Å². The minimum absolute atomic E-state index is 0.262. The standard InChI is InChI=1S/C16H36N2/c1-5-6-7-8-9-10-11-13-17-14-12-15-18-16(2,3)4/h17-18H,5-15H2,1-4H3. The molecule has 0 aliphatic rings. The van der Waals surface area contributed by atoms with Crippen LogP contribution in [0.3, 0.4) is 0 Å². The van der Waals surface area contributed by atoms with Gasteiger partial charge in [0.05, 0.1) is 0 Å². The third-order valence-corrected chi connectivity index (χ3v) is 3.14. The fourth-order valence-electron chi connectivity index (χ4n) is 2.01. The van der Waals surface area contributed by atoms with E-state index in [0.29, 0.717) is 0 Å². The summed E-state index contributed by atoms with van der Waals surface area (Å²) in [4.78, 5) is 0. The van der Waals surface area contributed by atoms with Crippen LogP contribution in [0, 0.1) is 0 Å². The molecule has 110 valence electrons. The number of hydrogen-bond donors (Lipinski definition) is 2. The van der Waals surface area contributed by atoms with Crippen molar-refractivity contribution in [3.05, 3.63) is 0 Å². The molecule has 0 fully saturated rings. The Bertz CT molecular complexity index is 161. The molecule has 2 nitrogen and oxygen atoms in total. The van der Waals surface area contributed by atoms with Gasteiger partial charge in [-0.25, -0.2) is 0 Å². The predicted molar refractivity (Wildman–Crippen MR) is 83.2 cm³/mol. The molecule has 18 heavy (non-hydrogen) atoms. The molecule has 2 N–H and O–H groups in total. The van der Waals surface area contributed by atoms with Gasteiger partial charge in [-0.2, -0.15) is 0 Å². The SMILES string of the molecule is CCCCCCCCCNCCCNC(C)(C)C. The molecule has 0 radical (unpaired) electrons. The first kappa shape index (κ1) is 17.9. The third-order valence-electron chi connectivity index (χ3n) is 3.14. The molecule has 0 spiro atoms. The molecule has 0 unspecified atom stereocenters. The van der Waals surface area contributed by atoms with Crippen molar-refractivity contribution in [2.24, 2.45) is 0 Å². The third kappa shape index (κ3) is 15.9. The van der Waals surface area contributed by atoms with Crippen LogP contribution in [-0.2, 0) is 0 Å². The smallest absolute Gasteiger partial charge is 0.00965 e. The zero-order chi connectivity index (χ0) is 13.7. The van der Waals surface area contributed by atoms with Crippen LogP contribution in [0.1, 0.15) is 79.1 Å². The van der Waals surface area contributed by atoms with Crippen LogP contribution < -0.4 is 10.6 Å². The summed E-state index contributed by atoms with van der Waals surface area (Å²) in [6.45, 7) is 12.4. The van der Waals surface area contributed by atoms with E-state index in [1.165, 1.54) is 57.9 Å². The van der Waals surface area contributed by atoms with Crippen molar-refractivity contribution in [1.82, 2.24) is 10.6 Å². The van der Waals surface area contributed by atoms with Gasteiger partial charge in [0.15, 0.2) is 0 Å². The monoisotopic (exact) mass is 256 g/mol. The molecule has 0 saturated heterocycles. The highest BCUT2D eigenvalue weighted by Crippen LogP contribution is 2.06. The van der Waals surface area contributed by atoms with Gasteiger partial charge in [0.2, 0.25) is 0 Å². The number of nitrogens with one attached hydrogen (secondary N) is 2. The van der Waals surface area contributed by atoms with Crippen LogP contribution in [0.4, 0.5) is 0 Å². The Hall–Kier alpha value is -0.0800. The van der Waals surface area contributed by atoms with Crippen LogP contribution in [0.15, 0.2) is 0 Å². The Morgan fingerprint density at radius 1 is 0.667 bits per heavy atom. The lowest BCUT2D eigenvalue weighted by atomic mass is 10.1. The predicted octanol–water partition coefficient (Wildman–Crippen LogP) is 4.10. The average Bonchev–Trinajstić information content (AvgIpc) is 2.29. The molecule has 0 aromatic carbocycles. The minimum Gasteiger partial charge on any atom is -0.317 e. The summed E-state index contributed by atoms with van der Waals surface area (Å²) in [5.74, 6) is 0. The summed E-state index contributed by atoms with van der Waals surface area (Å²) >= 11 is 0. The lowest BCUT2D eigenvalue weighted by Crippen LogP contribution is -2.37. The minimum atomic E-state index is 0.262. The van der Waals surface area contributed by atoms with E-state index < -0.39 is 0 Å². The molecule has 0 aromatic rings. The molecule has 0 saturated carbocycles. The van der Waals surface area contributed by atoms with Gasteiger partial charge in [0.1, 0.15) is 0 Å². The molecule has 2 heteroatoms. The second-order valence-corrected chi connectivity index (χ2v) is 6.40. The van der Waals surface area contributed by atoms with Crippen LogP contribution >= 0.6 is 0 Å². The Morgan fingerprint density at radius 3 is 1.83 bits per heavy atom. The van der Waals surface area contributed by atoms with Gasteiger partial charge in [0.25, 0.3) is 0 Å². The first-order chi connectivity index (χ1) is 8.56. The van der Waals surface area contributed by atoms with Gasteiger partial charge in [0, 0.05) is 5.54 Å². The van der Waals surface area contributed by atoms with Crippen molar-refractivity contribution in [2.75, 3.05) is 19.6 Å². The van der Waals surface area contributed by atoms with Crippen LogP contribution in [0.2, 0.25) is 0 Å². The van der Waals surface area contributed by atoms with Gasteiger partial charge in [-0.1, -0.05) is 45.4 Å². The maximum atomic E-state index is 3.53. The highest BCUT2D eigenvalue weighted by Gasteiger charge is 2.06. The van der Waals surface area contributed by atoms with Crippen molar-refractivity contribution in [3.8, 4) is 0 Å². The summed E-state index contributed by atoms with van der Waals surface area (Å²) in [6, 6.07) is 0. The molecule has 0 rings (SSSR count). The summed E-state index contributed by atoms with van der Waals surface area (Å²) in [5, 5.41) is 7.05. The van der Waals surface area contributed by atoms with Crippen molar-refractivity contribution in [2.45, 2.75) is 84.6 Å². The first-order valence-corrected chi connectivity index (χ1v) is 8.02. The number of unbranched alkanes of at least 4 members (excludes halogenated alkanes) is 6. The van der Waals surface area contributed by atoms with Crippen molar-refractivity contribution < 1.29 is 0 Å². The Balaban J connectivity index is 2.99.